The summed E-state index contributed by atoms with van der Waals surface area (Å²) in [5.41, 5.74) is 0.0289. The average molecular weight is 167 g/mol. The third-order valence-electron chi connectivity index (χ3n) is 2.91. The molecule has 0 amide bonds. The smallest absolute Gasteiger partial charge is 0.0840 e. The molecule has 1 atom stereocenters. The summed E-state index contributed by atoms with van der Waals surface area (Å²) in [6, 6.07) is 0.321. The molecule has 1 saturated carbocycles. The van der Waals surface area contributed by atoms with Crippen LogP contribution in [0, 0.1) is 12.3 Å². The van der Waals surface area contributed by atoms with E-state index >= 15 is 0 Å². The van der Waals surface area contributed by atoms with Gasteiger partial charge >= 0.3 is 0 Å². The van der Waals surface area contributed by atoms with Gasteiger partial charge in [0, 0.05) is 19.6 Å². The van der Waals surface area contributed by atoms with Crippen molar-refractivity contribution in [2.45, 2.75) is 37.3 Å². The van der Waals surface area contributed by atoms with Crippen LogP contribution >= 0.6 is 0 Å². The van der Waals surface area contributed by atoms with Crippen molar-refractivity contribution in [1.82, 2.24) is 5.32 Å². The number of terminal acetylenes is 1. The molecule has 2 heteroatoms. The lowest BCUT2D eigenvalue weighted by Gasteiger charge is -2.45. The van der Waals surface area contributed by atoms with Gasteiger partial charge in [-0.2, -0.15) is 0 Å². The Balaban J connectivity index is 2.56. The Morgan fingerprint density at radius 3 is 2.58 bits per heavy atom. The lowest BCUT2D eigenvalue weighted by atomic mass is 9.73. The first-order valence-electron chi connectivity index (χ1n) is 4.45. The molecule has 0 heterocycles. The van der Waals surface area contributed by atoms with Gasteiger partial charge in [-0.05, 0) is 26.3 Å². The van der Waals surface area contributed by atoms with Gasteiger partial charge in [0.1, 0.15) is 0 Å². The van der Waals surface area contributed by atoms with Crippen LogP contribution in [0.4, 0.5) is 0 Å². The van der Waals surface area contributed by atoms with Crippen LogP contribution in [0.25, 0.3) is 0 Å². The van der Waals surface area contributed by atoms with Crippen molar-refractivity contribution in [3.05, 3.63) is 0 Å². The van der Waals surface area contributed by atoms with Crippen LogP contribution in [0.2, 0.25) is 0 Å². The summed E-state index contributed by atoms with van der Waals surface area (Å²) < 4.78 is 5.52. The average Bonchev–Trinajstić information content (AvgIpc) is 2.02. The Morgan fingerprint density at radius 2 is 2.33 bits per heavy atom. The molecule has 1 unspecified atom stereocenters. The molecule has 12 heavy (non-hydrogen) atoms. The van der Waals surface area contributed by atoms with Gasteiger partial charge in [0.2, 0.25) is 0 Å². The van der Waals surface area contributed by atoms with E-state index in [4.69, 9.17) is 11.2 Å². The first-order valence-corrected chi connectivity index (χ1v) is 4.45. The third-order valence-corrected chi connectivity index (χ3v) is 2.91. The molecule has 0 aliphatic heterocycles. The third kappa shape index (κ3) is 1.48. The summed E-state index contributed by atoms with van der Waals surface area (Å²) in [7, 11) is 3.72. The van der Waals surface area contributed by atoms with Gasteiger partial charge in [-0.15, -0.1) is 12.3 Å². The van der Waals surface area contributed by atoms with Crippen LogP contribution in [0.5, 0.6) is 0 Å². The molecule has 0 aromatic rings. The minimum absolute atomic E-state index is 0.0289. The van der Waals surface area contributed by atoms with Crippen molar-refractivity contribution in [1.29, 1.82) is 0 Å². The zero-order valence-corrected chi connectivity index (χ0v) is 7.89. The van der Waals surface area contributed by atoms with Crippen LogP contribution < -0.4 is 5.32 Å². The first-order chi connectivity index (χ1) is 5.79. The highest BCUT2D eigenvalue weighted by Gasteiger charge is 2.43. The predicted molar refractivity (Wildman–Crippen MR) is 49.9 cm³/mol. The first kappa shape index (κ1) is 9.57. The summed E-state index contributed by atoms with van der Waals surface area (Å²) >= 11 is 0. The number of likely N-dealkylation sites (N-methyl/N-ethyl adjacent to an activating group) is 1. The Labute approximate surface area is 74.7 Å². The van der Waals surface area contributed by atoms with Crippen LogP contribution in [-0.2, 0) is 4.74 Å². The number of hydrogen-bond donors (Lipinski definition) is 1. The molecule has 1 aliphatic rings. The van der Waals surface area contributed by atoms with Crippen molar-refractivity contribution in [3.63, 3.8) is 0 Å². The Kier molecular flexibility index (Phi) is 3.13. The maximum Gasteiger partial charge on any atom is 0.0840 e. The Hall–Kier alpha value is -0.520. The Morgan fingerprint density at radius 1 is 1.67 bits per heavy atom. The van der Waals surface area contributed by atoms with Crippen LogP contribution in [0.1, 0.15) is 25.7 Å². The quantitative estimate of drug-likeness (QED) is 0.635. The molecule has 0 spiro atoms. The van der Waals surface area contributed by atoms with Crippen molar-refractivity contribution in [2.75, 3.05) is 14.2 Å². The number of methoxy groups -OCH3 is 1. The van der Waals surface area contributed by atoms with Gasteiger partial charge in [0.05, 0.1) is 5.60 Å². The van der Waals surface area contributed by atoms with E-state index in [0.717, 1.165) is 19.3 Å². The van der Waals surface area contributed by atoms with Crippen molar-refractivity contribution in [2.24, 2.45) is 0 Å². The predicted octanol–water partition coefficient (Wildman–Crippen LogP) is 1.17. The second kappa shape index (κ2) is 3.93. The van der Waals surface area contributed by atoms with Gasteiger partial charge in [0.25, 0.3) is 0 Å². The molecular weight excluding hydrogens is 150 g/mol. The van der Waals surface area contributed by atoms with Gasteiger partial charge in [-0.25, -0.2) is 0 Å². The molecule has 68 valence electrons. The van der Waals surface area contributed by atoms with E-state index in [2.05, 4.69) is 11.2 Å². The maximum atomic E-state index is 5.52. The number of rotatable bonds is 4. The van der Waals surface area contributed by atoms with Gasteiger partial charge < -0.3 is 10.1 Å². The summed E-state index contributed by atoms with van der Waals surface area (Å²) in [5, 5.41) is 3.23. The minimum Gasteiger partial charge on any atom is -0.377 e. The van der Waals surface area contributed by atoms with Gasteiger partial charge in [-0.3, -0.25) is 0 Å². The zero-order chi connectivity index (χ0) is 9.03. The Bertz CT molecular complexity index is 173. The zero-order valence-electron chi connectivity index (χ0n) is 7.89. The van der Waals surface area contributed by atoms with Crippen LogP contribution in [-0.4, -0.2) is 25.8 Å². The van der Waals surface area contributed by atoms with Crippen LogP contribution in [0.15, 0.2) is 0 Å². The highest BCUT2D eigenvalue weighted by molar-refractivity contribution is 5.04. The maximum absolute atomic E-state index is 5.52. The van der Waals surface area contributed by atoms with E-state index in [1.807, 2.05) is 7.05 Å². The fraction of sp³-hybridized carbons (Fsp3) is 0.800. The van der Waals surface area contributed by atoms with Gasteiger partial charge in [0.15, 0.2) is 0 Å². The monoisotopic (exact) mass is 167 g/mol. The van der Waals surface area contributed by atoms with Gasteiger partial charge in [-0.1, -0.05) is 0 Å². The summed E-state index contributed by atoms with van der Waals surface area (Å²) in [6.07, 6.45) is 9.58. The molecule has 1 N–H and O–H groups in total. The molecule has 1 fully saturated rings. The molecule has 1 aliphatic carbocycles. The molecule has 0 aromatic carbocycles. The van der Waals surface area contributed by atoms with Crippen LogP contribution in [0.3, 0.4) is 0 Å². The van der Waals surface area contributed by atoms with Crippen molar-refractivity contribution in [3.8, 4) is 12.3 Å². The molecule has 0 radical (unpaired) electrons. The fourth-order valence-corrected chi connectivity index (χ4v) is 1.89. The van der Waals surface area contributed by atoms with E-state index in [1.165, 1.54) is 6.42 Å². The lowest BCUT2D eigenvalue weighted by Crippen LogP contribution is -2.55. The molecule has 2 nitrogen and oxygen atoms in total. The van der Waals surface area contributed by atoms with E-state index in [-0.39, 0.29) is 5.60 Å². The van der Waals surface area contributed by atoms with E-state index in [9.17, 15) is 0 Å². The number of hydrogen-bond acceptors (Lipinski definition) is 2. The number of nitrogens with one attached hydrogen (secondary N) is 1. The highest BCUT2D eigenvalue weighted by atomic mass is 16.5. The minimum atomic E-state index is 0.0289. The summed E-state index contributed by atoms with van der Waals surface area (Å²) in [6.45, 7) is 0. The number of ether oxygens (including phenoxy) is 1. The molecular formula is C10H17NO. The second-order valence-electron chi connectivity index (χ2n) is 3.37. The van der Waals surface area contributed by atoms with E-state index < -0.39 is 0 Å². The topological polar surface area (TPSA) is 21.3 Å². The molecule has 0 saturated heterocycles. The SMILES string of the molecule is C#CCC(NC)C1(OC)CCC1. The lowest BCUT2D eigenvalue weighted by molar-refractivity contribution is -0.0956. The standard InChI is InChI=1S/C10H17NO/c1-4-6-9(11-2)10(12-3)7-5-8-10/h1,9,11H,5-8H2,2-3H3. The fourth-order valence-electron chi connectivity index (χ4n) is 1.89. The largest absolute Gasteiger partial charge is 0.377 e. The molecule has 0 bridgehead atoms. The summed E-state index contributed by atoms with van der Waals surface area (Å²) in [5.74, 6) is 2.68. The molecule has 1 rings (SSSR count). The second-order valence-corrected chi connectivity index (χ2v) is 3.37. The van der Waals surface area contributed by atoms with Crippen molar-refractivity contribution >= 4 is 0 Å². The summed E-state index contributed by atoms with van der Waals surface area (Å²) in [4.78, 5) is 0. The highest BCUT2D eigenvalue weighted by Crippen LogP contribution is 2.38. The van der Waals surface area contributed by atoms with E-state index in [0.29, 0.717) is 6.04 Å². The van der Waals surface area contributed by atoms with Crippen molar-refractivity contribution < 1.29 is 4.74 Å². The molecule has 0 aromatic heterocycles. The van der Waals surface area contributed by atoms with E-state index in [1.54, 1.807) is 7.11 Å². The normalized spacial score (nSPS) is 22.4.